The number of piperidine rings is 1. The van der Waals surface area contributed by atoms with Crippen molar-refractivity contribution in [1.29, 1.82) is 0 Å². The summed E-state index contributed by atoms with van der Waals surface area (Å²) in [7, 11) is 0. The lowest BCUT2D eigenvalue weighted by Gasteiger charge is -2.31. The molecule has 2 aromatic rings. The van der Waals surface area contributed by atoms with Gasteiger partial charge in [-0.1, -0.05) is 13.8 Å². The van der Waals surface area contributed by atoms with Gasteiger partial charge in [-0.15, -0.1) is 0 Å². The third-order valence-corrected chi connectivity index (χ3v) is 4.90. The van der Waals surface area contributed by atoms with Gasteiger partial charge < -0.3 is 14.9 Å². The number of hydrogen-bond acceptors (Lipinski definition) is 5. The van der Waals surface area contributed by atoms with Gasteiger partial charge in [-0.3, -0.25) is 9.69 Å². The number of pyridine rings is 1. The highest BCUT2D eigenvalue weighted by molar-refractivity contribution is 5.72. The van der Waals surface area contributed by atoms with Crippen LogP contribution >= 0.6 is 0 Å². The van der Waals surface area contributed by atoms with Gasteiger partial charge in [-0.05, 0) is 50.9 Å². The van der Waals surface area contributed by atoms with E-state index in [0.717, 1.165) is 49.5 Å². The summed E-state index contributed by atoms with van der Waals surface area (Å²) in [5.74, 6) is 0.347. The number of nitrogen functional groups attached to an aromatic ring is 1. The van der Waals surface area contributed by atoms with E-state index in [-0.39, 0.29) is 11.9 Å². The van der Waals surface area contributed by atoms with Crippen LogP contribution in [-0.2, 0) is 16.1 Å². The molecular formula is C19H28N4O2. The van der Waals surface area contributed by atoms with E-state index in [2.05, 4.69) is 23.1 Å². The molecule has 1 aliphatic rings. The molecule has 136 valence electrons. The Morgan fingerprint density at radius 2 is 2.08 bits per heavy atom. The number of likely N-dealkylation sites (tertiary alicyclic amines) is 1. The van der Waals surface area contributed by atoms with Crippen LogP contribution in [-0.4, -0.2) is 40.0 Å². The van der Waals surface area contributed by atoms with Crippen LogP contribution in [0.5, 0.6) is 0 Å². The third kappa shape index (κ3) is 3.79. The lowest BCUT2D eigenvalue weighted by atomic mass is 9.96. The Hall–Kier alpha value is -2.08. The highest BCUT2D eigenvalue weighted by atomic mass is 16.5. The van der Waals surface area contributed by atoms with Gasteiger partial charge in [0, 0.05) is 18.4 Å². The molecule has 6 heteroatoms. The molecule has 0 aliphatic carbocycles. The maximum absolute atomic E-state index is 11.9. The van der Waals surface area contributed by atoms with Crippen molar-refractivity contribution in [2.75, 3.05) is 25.4 Å². The summed E-state index contributed by atoms with van der Waals surface area (Å²) in [5.41, 5.74) is 9.98. The lowest BCUT2D eigenvalue weighted by Crippen LogP contribution is -2.37. The standard InChI is InChI=1S/C19H28N4O2/c1-4-25-19(24)14-7-9-22(10-8-14)12-16-18(13(2)3)21-17-6-5-15(20)11-23(16)17/h5-6,11,13-14H,4,7-10,12,20H2,1-3H3. The number of aromatic nitrogens is 2. The van der Waals surface area contributed by atoms with Crippen molar-refractivity contribution in [3.8, 4) is 0 Å². The number of imidazole rings is 1. The molecule has 3 rings (SSSR count). The first-order valence-corrected chi connectivity index (χ1v) is 9.15. The van der Waals surface area contributed by atoms with Crippen molar-refractivity contribution in [1.82, 2.24) is 14.3 Å². The molecule has 0 amide bonds. The predicted molar refractivity (Wildman–Crippen MR) is 98.3 cm³/mol. The fraction of sp³-hybridized carbons (Fsp3) is 0.579. The summed E-state index contributed by atoms with van der Waals surface area (Å²) < 4.78 is 7.27. The highest BCUT2D eigenvalue weighted by Crippen LogP contribution is 2.26. The number of nitrogens with zero attached hydrogens (tertiary/aromatic N) is 3. The first-order chi connectivity index (χ1) is 12.0. The van der Waals surface area contributed by atoms with E-state index in [4.69, 9.17) is 15.5 Å². The first kappa shape index (κ1) is 17.7. The van der Waals surface area contributed by atoms with Gasteiger partial charge in [0.15, 0.2) is 0 Å². The van der Waals surface area contributed by atoms with Gasteiger partial charge >= 0.3 is 5.97 Å². The Kier molecular flexibility index (Phi) is 5.27. The zero-order valence-electron chi connectivity index (χ0n) is 15.4. The minimum atomic E-state index is -0.0485. The third-order valence-electron chi connectivity index (χ3n) is 4.90. The second-order valence-corrected chi connectivity index (χ2v) is 7.09. The Morgan fingerprint density at radius 3 is 2.72 bits per heavy atom. The van der Waals surface area contributed by atoms with Crippen LogP contribution in [0.15, 0.2) is 18.3 Å². The van der Waals surface area contributed by atoms with Crippen LogP contribution in [0, 0.1) is 5.92 Å². The number of fused-ring (bicyclic) bond motifs is 1. The Balaban J connectivity index is 1.76. The molecule has 0 saturated carbocycles. The van der Waals surface area contributed by atoms with E-state index in [1.54, 1.807) is 0 Å². The summed E-state index contributed by atoms with van der Waals surface area (Å²) in [5, 5.41) is 0. The topological polar surface area (TPSA) is 72.9 Å². The molecule has 6 nitrogen and oxygen atoms in total. The van der Waals surface area contributed by atoms with Gasteiger partial charge in [-0.2, -0.15) is 0 Å². The average molecular weight is 344 g/mol. The van der Waals surface area contributed by atoms with Crippen LogP contribution < -0.4 is 5.73 Å². The number of nitrogens with two attached hydrogens (primary N) is 1. The molecule has 0 bridgehead atoms. The van der Waals surface area contributed by atoms with Gasteiger partial charge in [0.2, 0.25) is 0 Å². The van der Waals surface area contributed by atoms with Crippen molar-refractivity contribution in [3.05, 3.63) is 29.7 Å². The Bertz CT molecular complexity index is 745. The van der Waals surface area contributed by atoms with Crippen LogP contribution in [0.3, 0.4) is 0 Å². The van der Waals surface area contributed by atoms with Gasteiger partial charge in [0.05, 0.1) is 23.9 Å². The summed E-state index contributed by atoms with van der Waals surface area (Å²) >= 11 is 0. The minimum Gasteiger partial charge on any atom is -0.466 e. The van der Waals surface area contributed by atoms with Gasteiger partial charge in [0.1, 0.15) is 5.65 Å². The molecule has 1 aliphatic heterocycles. The van der Waals surface area contributed by atoms with Crippen molar-refractivity contribution >= 4 is 17.3 Å². The van der Waals surface area contributed by atoms with Crippen molar-refractivity contribution in [2.24, 2.45) is 5.92 Å². The fourth-order valence-electron chi connectivity index (χ4n) is 3.55. The molecule has 0 unspecified atom stereocenters. The molecule has 25 heavy (non-hydrogen) atoms. The first-order valence-electron chi connectivity index (χ1n) is 9.15. The second-order valence-electron chi connectivity index (χ2n) is 7.09. The molecule has 3 heterocycles. The fourth-order valence-corrected chi connectivity index (χ4v) is 3.55. The zero-order valence-corrected chi connectivity index (χ0v) is 15.4. The molecule has 1 fully saturated rings. The van der Waals surface area contributed by atoms with Gasteiger partial charge in [-0.25, -0.2) is 4.98 Å². The molecule has 0 atom stereocenters. The van der Waals surface area contributed by atoms with E-state index in [1.807, 2.05) is 25.3 Å². The molecule has 1 saturated heterocycles. The van der Waals surface area contributed by atoms with Crippen LogP contribution in [0.1, 0.15) is 50.9 Å². The normalized spacial score (nSPS) is 16.6. The smallest absolute Gasteiger partial charge is 0.309 e. The molecule has 0 radical (unpaired) electrons. The SMILES string of the molecule is CCOC(=O)C1CCN(Cc2c(C(C)C)nc3ccc(N)cn23)CC1. The maximum Gasteiger partial charge on any atom is 0.309 e. The monoisotopic (exact) mass is 344 g/mol. The Labute approximate surface area is 149 Å². The van der Waals surface area contributed by atoms with Crippen LogP contribution in [0.25, 0.3) is 5.65 Å². The number of anilines is 1. The molecule has 2 aromatic heterocycles. The molecule has 2 N–H and O–H groups in total. The van der Waals surface area contributed by atoms with Crippen molar-refractivity contribution in [3.63, 3.8) is 0 Å². The van der Waals surface area contributed by atoms with Crippen LogP contribution in [0.2, 0.25) is 0 Å². The zero-order chi connectivity index (χ0) is 18.0. The summed E-state index contributed by atoms with van der Waals surface area (Å²) in [6, 6.07) is 3.86. The van der Waals surface area contributed by atoms with Crippen molar-refractivity contribution < 1.29 is 9.53 Å². The largest absolute Gasteiger partial charge is 0.466 e. The number of carbonyl (C=O) groups excluding carboxylic acids is 1. The summed E-state index contributed by atoms with van der Waals surface area (Å²) in [4.78, 5) is 19.1. The number of rotatable bonds is 5. The van der Waals surface area contributed by atoms with E-state index in [0.29, 0.717) is 12.5 Å². The number of ether oxygens (including phenoxy) is 1. The lowest BCUT2D eigenvalue weighted by molar-refractivity contribution is -0.149. The summed E-state index contributed by atoms with van der Waals surface area (Å²) in [6.07, 6.45) is 3.67. The van der Waals surface area contributed by atoms with E-state index in [1.165, 1.54) is 5.69 Å². The van der Waals surface area contributed by atoms with Crippen LogP contribution in [0.4, 0.5) is 5.69 Å². The quantitative estimate of drug-likeness (QED) is 0.845. The van der Waals surface area contributed by atoms with Gasteiger partial charge in [0.25, 0.3) is 0 Å². The molecular weight excluding hydrogens is 316 g/mol. The predicted octanol–water partition coefficient (Wildman–Crippen LogP) is 2.82. The molecule has 0 spiro atoms. The molecule has 0 aromatic carbocycles. The maximum atomic E-state index is 11.9. The van der Waals surface area contributed by atoms with E-state index < -0.39 is 0 Å². The highest BCUT2D eigenvalue weighted by Gasteiger charge is 2.27. The number of esters is 1. The van der Waals surface area contributed by atoms with E-state index in [9.17, 15) is 4.79 Å². The van der Waals surface area contributed by atoms with Crippen molar-refractivity contribution in [2.45, 2.75) is 46.1 Å². The number of hydrogen-bond donors (Lipinski definition) is 1. The van der Waals surface area contributed by atoms with E-state index >= 15 is 0 Å². The second kappa shape index (κ2) is 7.44. The average Bonchev–Trinajstić information content (AvgIpc) is 2.94. The Morgan fingerprint density at radius 1 is 1.36 bits per heavy atom. The summed E-state index contributed by atoms with van der Waals surface area (Å²) in [6.45, 7) is 9.28. The minimum absolute atomic E-state index is 0.0404. The number of carbonyl (C=O) groups is 1.